The van der Waals surface area contributed by atoms with E-state index >= 15 is 0 Å². The standard InChI is InChI=1S/C13H13NO3/c1-7-3-4-8(2)12-10(7)5-9(6-11(15)16)13(17)14-12/h3-5H,6H2,1-2H3,(H,14,17)(H,15,16). The molecule has 4 heteroatoms. The highest BCUT2D eigenvalue weighted by Crippen LogP contribution is 2.19. The maximum atomic E-state index is 11.7. The van der Waals surface area contributed by atoms with Crippen molar-refractivity contribution in [2.24, 2.45) is 0 Å². The van der Waals surface area contributed by atoms with Crippen LogP contribution in [0.3, 0.4) is 0 Å². The molecule has 0 spiro atoms. The van der Waals surface area contributed by atoms with E-state index in [1.807, 2.05) is 26.0 Å². The number of aromatic nitrogens is 1. The molecule has 2 rings (SSSR count). The van der Waals surface area contributed by atoms with Crippen LogP contribution in [0.2, 0.25) is 0 Å². The molecule has 17 heavy (non-hydrogen) atoms. The summed E-state index contributed by atoms with van der Waals surface area (Å²) in [5.74, 6) is -1.000. The van der Waals surface area contributed by atoms with Gasteiger partial charge in [0.05, 0.1) is 11.9 Å². The molecular formula is C13H13NO3. The minimum absolute atomic E-state index is 0.251. The summed E-state index contributed by atoms with van der Waals surface area (Å²) >= 11 is 0. The molecule has 2 aromatic rings. The first-order chi connectivity index (χ1) is 7.99. The smallest absolute Gasteiger partial charge is 0.308 e. The number of hydrogen-bond acceptors (Lipinski definition) is 2. The van der Waals surface area contributed by atoms with Crippen LogP contribution in [0.15, 0.2) is 23.0 Å². The van der Waals surface area contributed by atoms with Gasteiger partial charge in [0.25, 0.3) is 5.56 Å². The van der Waals surface area contributed by atoms with E-state index in [0.717, 1.165) is 22.0 Å². The third kappa shape index (κ3) is 2.06. The second kappa shape index (κ2) is 4.05. The lowest BCUT2D eigenvalue weighted by atomic mass is 10.0. The molecule has 0 saturated heterocycles. The highest BCUT2D eigenvalue weighted by molar-refractivity contribution is 5.86. The predicted octanol–water partition coefficient (Wildman–Crippen LogP) is 1.77. The van der Waals surface area contributed by atoms with Gasteiger partial charge in [-0.15, -0.1) is 0 Å². The Hall–Kier alpha value is -2.10. The fourth-order valence-electron chi connectivity index (χ4n) is 1.91. The molecule has 0 radical (unpaired) electrons. The Bertz CT molecular complexity index is 655. The monoisotopic (exact) mass is 231 g/mol. The van der Waals surface area contributed by atoms with Crippen molar-refractivity contribution in [1.82, 2.24) is 4.98 Å². The van der Waals surface area contributed by atoms with Gasteiger partial charge in [0.2, 0.25) is 0 Å². The maximum absolute atomic E-state index is 11.7. The third-order valence-corrected chi connectivity index (χ3v) is 2.86. The number of carbonyl (C=O) groups is 1. The van der Waals surface area contributed by atoms with Crippen LogP contribution >= 0.6 is 0 Å². The van der Waals surface area contributed by atoms with Gasteiger partial charge in [-0.2, -0.15) is 0 Å². The first-order valence-electron chi connectivity index (χ1n) is 5.33. The van der Waals surface area contributed by atoms with E-state index in [-0.39, 0.29) is 12.0 Å². The van der Waals surface area contributed by atoms with E-state index in [1.54, 1.807) is 6.07 Å². The number of H-pyrrole nitrogens is 1. The van der Waals surface area contributed by atoms with Crippen molar-refractivity contribution in [2.45, 2.75) is 20.3 Å². The molecule has 0 unspecified atom stereocenters. The molecule has 88 valence electrons. The molecular weight excluding hydrogens is 218 g/mol. The van der Waals surface area contributed by atoms with Crippen LogP contribution in [0, 0.1) is 13.8 Å². The molecule has 1 aromatic heterocycles. The van der Waals surface area contributed by atoms with Gasteiger partial charge in [-0.1, -0.05) is 12.1 Å². The summed E-state index contributed by atoms with van der Waals surface area (Å²) in [5.41, 5.74) is 2.74. The molecule has 0 fully saturated rings. The summed E-state index contributed by atoms with van der Waals surface area (Å²) in [5, 5.41) is 9.64. The Morgan fingerprint density at radius 1 is 1.29 bits per heavy atom. The van der Waals surface area contributed by atoms with Crippen LogP contribution < -0.4 is 5.56 Å². The Morgan fingerprint density at radius 2 is 1.94 bits per heavy atom. The van der Waals surface area contributed by atoms with Crippen LogP contribution in [0.4, 0.5) is 0 Å². The van der Waals surface area contributed by atoms with Crippen LogP contribution in [0.25, 0.3) is 10.9 Å². The number of fused-ring (bicyclic) bond motifs is 1. The van der Waals surface area contributed by atoms with Gasteiger partial charge in [0.1, 0.15) is 0 Å². The molecule has 4 nitrogen and oxygen atoms in total. The molecule has 0 amide bonds. The Kier molecular flexibility index (Phi) is 2.71. The number of pyridine rings is 1. The van der Waals surface area contributed by atoms with Gasteiger partial charge in [-0.05, 0) is 31.0 Å². The predicted molar refractivity (Wildman–Crippen MR) is 65.4 cm³/mol. The first kappa shape index (κ1) is 11.4. The van der Waals surface area contributed by atoms with Crippen molar-refractivity contribution in [3.05, 3.63) is 45.2 Å². The number of benzene rings is 1. The maximum Gasteiger partial charge on any atom is 0.308 e. The number of aromatic amines is 1. The van der Waals surface area contributed by atoms with E-state index in [9.17, 15) is 9.59 Å². The lowest BCUT2D eigenvalue weighted by Gasteiger charge is -2.07. The highest BCUT2D eigenvalue weighted by Gasteiger charge is 2.09. The summed E-state index contributed by atoms with van der Waals surface area (Å²) < 4.78 is 0. The summed E-state index contributed by atoms with van der Waals surface area (Å²) in [6.45, 7) is 3.85. The SMILES string of the molecule is Cc1ccc(C)c2[nH]c(=O)c(CC(=O)O)cc12. The molecule has 1 heterocycles. The third-order valence-electron chi connectivity index (χ3n) is 2.86. The Labute approximate surface area is 97.9 Å². The van der Waals surface area contributed by atoms with E-state index in [2.05, 4.69) is 4.98 Å². The topological polar surface area (TPSA) is 70.2 Å². The molecule has 0 atom stereocenters. The van der Waals surface area contributed by atoms with Gasteiger partial charge in [-0.3, -0.25) is 9.59 Å². The van der Waals surface area contributed by atoms with Gasteiger partial charge in [0.15, 0.2) is 0 Å². The van der Waals surface area contributed by atoms with Crippen molar-refractivity contribution < 1.29 is 9.90 Å². The van der Waals surface area contributed by atoms with Gasteiger partial charge < -0.3 is 10.1 Å². The minimum Gasteiger partial charge on any atom is -0.481 e. The van der Waals surface area contributed by atoms with Gasteiger partial charge in [-0.25, -0.2) is 0 Å². The van der Waals surface area contributed by atoms with E-state index in [0.29, 0.717) is 5.56 Å². The number of carboxylic acids is 1. The summed E-state index contributed by atoms with van der Waals surface area (Å²) in [7, 11) is 0. The van der Waals surface area contributed by atoms with Crippen molar-refractivity contribution in [1.29, 1.82) is 0 Å². The summed E-state index contributed by atoms with van der Waals surface area (Å²) in [6.07, 6.45) is -0.251. The summed E-state index contributed by atoms with van der Waals surface area (Å²) in [4.78, 5) is 25.1. The van der Waals surface area contributed by atoms with Crippen LogP contribution in [0.5, 0.6) is 0 Å². The van der Waals surface area contributed by atoms with Crippen LogP contribution in [0.1, 0.15) is 16.7 Å². The van der Waals surface area contributed by atoms with E-state index in [4.69, 9.17) is 5.11 Å². The number of hydrogen-bond donors (Lipinski definition) is 2. The van der Waals surface area contributed by atoms with Crippen molar-refractivity contribution in [2.75, 3.05) is 0 Å². The lowest BCUT2D eigenvalue weighted by molar-refractivity contribution is -0.136. The number of carboxylic acid groups (broad SMARTS) is 1. The Morgan fingerprint density at radius 3 is 2.59 bits per heavy atom. The Balaban J connectivity index is 2.76. The van der Waals surface area contributed by atoms with Gasteiger partial charge in [0, 0.05) is 10.9 Å². The number of aryl methyl sites for hydroxylation is 2. The molecule has 0 saturated carbocycles. The largest absolute Gasteiger partial charge is 0.481 e. The second-order valence-electron chi connectivity index (χ2n) is 4.18. The van der Waals surface area contributed by atoms with Crippen molar-refractivity contribution >= 4 is 16.9 Å². The van der Waals surface area contributed by atoms with E-state index < -0.39 is 5.97 Å². The molecule has 2 N–H and O–H groups in total. The average Bonchev–Trinajstić information content (AvgIpc) is 2.25. The molecule has 0 bridgehead atoms. The fraction of sp³-hybridized carbons (Fsp3) is 0.231. The zero-order chi connectivity index (χ0) is 12.6. The number of nitrogens with one attached hydrogen (secondary N) is 1. The number of aliphatic carboxylic acids is 1. The van der Waals surface area contributed by atoms with E-state index in [1.165, 1.54) is 0 Å². The highest BCUT2D eigenvalue weighted by atomic mass is 16.4. The summed E-state index contributed by atoms with van der Waals surface area (Å²) in [6, 6.07) is 5.57. The zero-order valence-corrected chi connectivity index (χ0v) is 9.70. The quantitative estimate of drug-likeness (QED) is 0.827. The molecule has 0 aliphatic heterocycles. The van der Waals surface area contributed by atoms with Crippen molar-refractivity contribution in [3.63, 3.8) is 0 Å². The van der Waals surface area contributed by atoms with Crippen LogP contribution in [-0.2, 0) is 11.2 Å². The van der Waals surface area contributed by atoms with Crippen LogP contribution in [-0.4, -0.2) is 16.1 Å². The molecule has 0 aliphatic carbocycles. The van der Waals surface area contributed by atoms with Gasteiger partial charge >= 0.3 is 5.97 Å². The normalized spacial score (nSPS) is 10.7. The molecule has 0 aliphatic rings. The first-order valence-corrected chi connectivity index (χ1v) is 5.33. The molecule has 1 aromatic carbocycles. The second-order valence-corrected chi connectivity index (χ2v) is 4.18. The minimum atomic E-state index is -1.000. The lowest BCUT2D eigenvalue weighted by Crippen LogP contribution is -2.16. The number of rotatable bonds is 2. The average molecular weight is 231 g/mol. The zero-order valence-electron chi connectivity index (χ0n) is 9.70. The van der Waals surface area contributed by atoms with Crippen molar-refractivity contribution in [3.8, 4) is 0 Å². The fourth-order valence-corrected chi connectivity index (χ4v) is 1.91.